The molecule has 66 valence electrons. The van der Waals surface area contributed by atoms with Crippen molar-refractivity contribution >= 4 is 0 Å². The Labute approximate surface area is 75.7 Å². The van der Waals surface area contributed by atoms with E-state index in [-0.39, 0.29) is 0 Å². The summed E-state index contributed by atoms with van der Waals surface area (Å²) < 4.78 is 0. The van der Waals surface area contributed by atoms with Gasteiger partial charge in [0.1, 0.15) is 0 Å². The first-order chi connectivity index (χ1) is 5.85. The predicted octanol–water partition coefficient (Wildman–Crippen LogP) is 3.61. The molecule has 0 unspecified atom stereocenters. The molecule has 0 aliphatic heterocycles. The van der Waals surface area contributed by atoms with Gasteiger partial charge in [0.15, 0.2) is 0 Å². The van der Waals surface area contributed by atoms with Crippen LogP contribution in [0.25, 0.3) is 0 Å². The number of rotatable bonds is 3. The monoisotopic (exact) mass is 163 g/mol. The molecule has 0 amide bonds. The number of hydrogen-bond donors (Lipinski definition) is 0. The van der Waals surface area contributed by atoms with Crippen molar-refractivity contribution in [1.82, 2.24) is 0 Å². The lowest BCUT2D eigenvalue weighted by Crippen LogP contribution is -1.69. The van der Waals surface area contributed by atoms with Crippen molar-refractivity contribution in [2.45, 2.75) is 26.7 Å². The van der Waals surface area contributed by atoms with E-state index < -0.39 is 0 Å². The average Bonchev–Trinajstić information content (AvgIpc) is 2.15. The van der Waals surface area contributed by atoms with E-state index in [1.54, 1.807) is 0 Å². The van der Waals surface area contributed by atoms with Gasteiger partial charge in [-0.15, -0.1) is 13.2 Å². The van der Waals surface area contributed by atoms with Crippen molar-refractivity contribution in [3.63, 3.8) is 0 Å². The molecule has 0 N–H and O–H groups in total. The molecule has 12 heavy (non-hydrogen) atoms. The summed E-state index contributed by atoms with van der Waals surface area (Å²) in [5.41, 5.74) is 0.768. The third-order valence-corrected chi connectivity index (χ3v) is 1.09. The van der Waals surface area contributed by atoms with Gasteiger partial charge >= 0.3 is 0 Å². The minimum atomic E-state index is 0.768. The van der Waals surface area contributed by atoms with E-state index in [4.69, 9.17) is 5.26 Å². The first kappa shape index (κ1) is 13.3. The molecule has 1 nitrogen and oxygen atoms in total. The lowest BCUT2D eigenvalue weighted by Gasteiger charge is -1.84. The first-order valence-corrected chi connectivity index (χ1v) is 4.12. The molecular weight excluding hydrogens is 146 g/mol. The van der Waals surface area contributed by atoms with Crippen LogP contribution in [0.2, 0.25) is 0 Å². The molecule has 0 rings (SSSR count). The third kappa shape index (κ3) is 8.71. The second kappa shape index (κ2) is 12.4. The van der Waals surface area contributed by atoms with Crippen molar-refractivity contribution in [1.29, 1.82) is 5.26 Å². The summed E-state index contributed by atoms with van der Waals surface area (Å²) in [6, 6.07) is 2.11. The Morgan fingerprint density at radius 1 is 1.33 bits per heavy atom. The number of hydrogen-bond acceptors (Lipinski definition) is 1. The fraction of sp³-hybridized carbons (Fsp3) is 0.364. The molecule has 0 aliphatic carbocycles. The van der Waals surface area contributed by atoms with Gasteiger partial charge in [0, 0.05) is 5.57 Å². The Hall–Kier alpha value is -1.29. The van der Waals surface area contributed by atoms with Crippen LogP contribution in [0.15, 0.2) is 37.0 Å². The molecule has 0 saturated heterocycles. The summed E-state index contributed by atoms with van der Waals surface area (Å²) >= 11 is 0. The van der Waals surface area contributed by atoms with Crippen molar-refractivity contribution < 1.29 is 0 Å². The summed E-state index contributed by atoms with van der Waals surface area (Å²) in [4.78, 5) is 0. The third-order valence-electron chi connectivity index (χ3n) is 1.09. The molecule has 0 fully saturated rings. The Kier molecular flexibility index (Phi) is 13.7. The van der Waals surface area contributed by atoms with E-state index in [9.17, 15) is 0 Å². The second-order valence-corrected chi connectivity index (χ2v) is 1.99. The number of nitrogens with zero attached hydrogens (tertiary/aromatic N) is 1. The van der Waals surface area contributed by atoms with Crippen LogP contribution < -0.4 is 0 Å². The molecule has 0 radical (unpaired) electrons. The number of allylic oxidation sites excluding steroid dienone is 4. The fourth-order valence-corrected chi connectivity index (χ4v) is 0.616. The van der Waals surface area contributed by atoms with Crippen molar-refractivity contribution in [3.8, 4) is 6.07 Å². The zero-order valence-corrected chi connectivity index (χ0v) is 8.01. The Balaban J connectivity index is 0. The van der Waals surface area contributed by atoms with E-state index in [0.717, 1.165) is 18.4 Å². The van der Waals surface area contributed by atoms with Gasteiger partial charge in [-0.05, 0) is 18.9 Å². The van der Waals surface area contributed by atoms with E-state index >= 15 is 0 Å². The van der Waals surface area contributed by atoms with Crippen LogP contribution in [0.1, 0.15) is 26.7 Å². The molecule has 0 spiro atoms. The summed E-state index contributed by atoms with van der Waals surface area (Å²) in [5, 5.41) is 8.51. The molecule has 1 heteroatoms. The van der Waals surface area contributed by atoms with Crippen LogP contribution in [0.3, 0.4) is 0 Å². The van der Waals surface area contributed by atoms with Crippen LogP contribution in [0, 0.1) is 11.3 Å². The summed E-state index contributed by atoms with van der Waals surface area (Å²) in [6.45, 7) is 10.1. The van der Waals surface area contributed by atoms with E-state index in [0.29, 0.717) is 0 Å². The second-order valence-electron chi connectivity index (χ2n) is 1.99. The molecule has 0 atom stereocenters. The van der Waals surface area contributed by atoms with Crippen LogP contribution in [0.4, 0.5) is 0 Å². The van der Waals surface area contributed by atoms with Gasteiger partial charge in [-0.25, -0.2) is 0 Å². The highest BCUT2D eigenvalue weighted by Gasteiger charge is 1.83. The lowest BCUT2D eigenvalue weighted by atomic mass is 10.2. The largest absolute Gasteiger partial charge is 0.192 e. The molecule has 0 aliphatic rings. The highest BCUT2D eigenvalue weighted by Crippen LogP contribution is 1.97. The highest BCUT2D eigenvalue weighted by atomic mass is 14.2. The zero-order valence-electron chi connectivity index (χ0n) is 8.01. The van der Waals surface area contributed by atoms with Gasteiger partial charge in [0.25, 0.3) is 0 Å². The van der Waals surface area contributed by atoms with Crippen LogP contribution >= 0.6 is 0 Å². The van der Waals surface area contributed by atoms with Gasteiger partial charge in [-0.2, -0.15) is 5.26 Å². The smallest absolute Gasteiger partial charge is 0.0988 e. The van der Waals surface area contributed by atoms with Crippen molar-refractivity contribution in [2.24, 2.45) is 0 Å². The minimum Gasteiger partial charge on any atom is -0.192 e. The molecule has 0 aromatic carbocycles. The van der Waals surface area contributed by atoms with Gasteiger partial charge in [-0.3, -0.25) is 0 Å². The van der Waals surface area contributed by atoms with Gasteiger partial charge in [0.2, 0.25) is 0 Å². The average molecular weight is 163 g/mol. The van der Waals surface area contributed by atoms with Crippen molar-refractivity contribution in [2.75, 3.05) is 0 Å². The normalized spacial score (nSPS) is 10.2. The van der Waals surface area contributed by atoms with Gasteiger partial charge < -0.3 is 0 Å². The quantitative estimate of drug-likeness (QED) is 0.354. The molecule has 0 bridgehead atoms. The van der Waals surface area contributed by atoms with Gasteiger partial charge in [0.05, 0.1) is 6.07 Å². The molecule has 0 aromatic rings. The minimum absolute atomic E-state index is 0.768. The van der Waals surface area contributed by atoms with Crippen molar-refractivity contribution in [3.05, 3.63) is 37.0 Å². The van der Waals surface area contributed by atoms with Crippen LogP contribution in [-0.4, -0.2) is 0 Å². The lowest BCUT2D eigenvalue weighted by molar-refractivity contribution is 1.20. The van der Waals surface area contributed by atoms with Gasteiger partial charge in [-0.1, -0.05) is 26.0 Å². The number of nitriles is 1. The Morgan fingerprint density at radius 3 is 2.25 bits per heavy atom. The molecule has 0 aromatic heterocycles. The maximum absolute atomic E-state index is 8.51. The van der Waals surface area contributed by atoms with Crippen LogP contribution in [0.5, 0.6) is 0 Å². The molecule has 0 saturated carbocycles. The topological polar surface area (TPSA) is 23.8 Å². The molecule has 0 heterocycles. The predicted molar refractivity (Wildman–Crippen MR) is 54.7 cm³/mol. The Bertz CT molecular complexity index is 182. The zero-order chi connectivity index (χ0) is 9.82. The highest BCUT2D eigenvalue weighted by molar-refractivity contribution is 5.32. The summed E-state index contributed by atoms with van der Waals surface area (Å²) in [7, 11) is 0. The maximum atomic E-state index is 8.51. The maximum Gasteiger partial charge on any atom is 0.0988 e. The molecular formula is C11H17N. The van der Waals surface area contributed by atoms with Crippen LogP contribution in [-0.2, 0) is 0 Å². The van der Waals surface area contributed by atoms with E-state index in [1.165, 1.54) is 0 Å². The van der Waals surface area contributed by atoms with E-state index in [1.807, 2.05) is 25.2 Å². The first-order valence-electron chi connectivity index (χ1n) is 4.12. The SMILES string of the molecule is C=C.CC/C=C\C(C#N)=C/CC. The fourth-order valence-electron chi connectivity index (χ4n) is 0.616. The Morgan fingerprint density at radius 2 is 1.92 bits per heavy atom. The summed E-state index contributed by atoms with van der Waals surface area (Å²) in [5.74, 6) is 0. The van der Waals surface area contributed by atoms with E-state index in [2.05, 4.69) is 26.2 Å². The summed E-state index contributed by atoms with van der Waals surface area (Å²) in [6.07, 6.45) is 7.69. The standard InChI is InChI=1S/C9H13N.C2H4/c1-3-5-7-9(8-10)6-4-2;1-2/h5-7H,3-4H2,1-2H3;1-2H2/b7-5-,9-6+;.